The number of benzene rings is 1. The largest absolute Gasteiger partial charge is 0.481 e. The summed E-state index contributed by atoms with van der Waals surface area (Å²) in [4.78, 5) is 22.9. The normalized spacial score (nSPS) is 12.3. The first-order chi connectivity index (χ1) is 9.77. The molecule has 0 aliphatic carbocycles. The second-order valence-corrected chi connectivity index (χ2v) is 5.53. The molecule has 0 aromatic heterocycles. The molecule has 0 aliphatic heterocycles. The molecule has 1 atom stereocenters. The Morgan fingerprint density at radius 3 is 2.38 bits per heavy atom. The molecule has 0 heterocycles. The number of carboxylic acids is 1. The Hall–Kier alpha value is -2.30. The highest BCUT2D eigenvalue weighted by Crippen LogP contribution is 2.24. The fourth-order valence-electron chi connectivity index (χ4n) is 1.79. The van der Waals surface area contributed by atoms with Gasteiger partial charge in [0.25, 0.3) is 0 Å². The van der Waals surface area contributed by atoms with Crippen molar-refractivity contribution in [2.45, 2.75) is 38.6 Å². The van der Waals surface area contributed by atoms with Gasteiger partial charge in [0.1, 0.15) is 0 Å². The molecule has 0 saturated carbocycles. The molecule has 1 rings (SSSR count). The molecular formula is C16H22N2O3. The number of urea groups is 1. The number of hydrogen-bond donors (Lipinski definition) is 3. The maximum atomic E-state index is 11.7. The summed E-state index contributed by atoms with van der Waals surface area (Å²) in [6, 6.07) is 6.51. The average Bonchev–Trinajstić information content (AvgIpc) is 2.39. The Labute approximate surface area is 125 Å². The minimum atomic E-state index is -0.959. The van der Waals surface area contributed by atoms with Gasteiger partial charge >= 0.3 is 12.0 Å². The highest BCUT2D eigenvalue weighted by Gasteiger charge is 2.29. The number of carbonyl (C=O) groups is 2. The molecule has 0 saturated heterocycles. The molecule has 1 aromatic rings. The van der Waals surface area contributed by atoms with Crippen LogP contribution in [0.1, 0.15) is 32.8 Å². The van der Waals surface area contributed by atoms with E-state index in [1.807, 2.05) is 6.92 Å². The van der Waals surface area contributed by atoms with Crippen LogP contribution in [-0.2, 0) is 10.2 Å². The van der Waals surface area contributed by atoms with E-state index < -0.39 is 11.4 Å². The van der Waals surface area contributed by atoms with E-state index in [1.54, 1.807) is 44.2 Å². The zero-order valence-electron chi connectivity index (χ0n) is 12.6. The van der Waals surface area contributed by atoms with Crippen LogP contribution in [-0.4, -0.2) is 23.1 Å². The maximum Gasteiger partial charge on any atom is 0.319 e. The lowest BCUT2D eigenvalue weighted by Crippen LogP contribution is -2.35. The molecule has 114 valence electrons. The third kappa shape index (κ3) is 4.63. The highest BCUT2D eigenvalue weighted by molar-refractivity contribution is 5.89. The molecule has 0 bridgehead atoms. The molecule has 21 heavy (non-hydrogen) atoms. The molecule has 5 nitrogen and oxygen atoms in total. The summed E-state index contributed by atoms with van der Waals surface area (Å²) in [6.45, 7) is 8.79. The number of nitrogens with one attached hydrogen (secondary N) is 2. The van der Waals surface area contributed by atoms with Crippen molar-refractivity contribution in [3.8, 4) is 0 Å². The Bertz CT molecular complexity index is 521. The molecule has 0 radical (unpaired) electrons. The van der Waals surface area contributed by atoms with E-state index in [2.05, 4.69) is 17.2 Å². The lowest BCUT2D eigenvalue weighted by Gasteiger charge is -2.20. The van der Waals surface area contributed by atoms with Crippen molar-refractivity contribution in [1.29, 1.82) is 0 Å². The summed E-state index contributed by atoms with van der Waals surface area (Å²) in [5, 5.41) is 14.7. The minimum Gasteiger partial charge on any atom is -0.481 e. The molecule has 2 amide bonds. The number of amides is 2. The van der Waals surface area contributed by atoms with E-state index in [9.17, 15) is 14.7 Å². The number of carbonyl (C=O) groups excluding carboxylic acids is 1. The van der Waals surface area contributed by atoms with Crippen LogP contribution in [0.4, 0.5) is 10.5 Å². The Morgan fingerprint density at radius 2 is 1.90 bits per heavy atom. The monoisotopic (exact) mass is 290 g/mol. The first-order valence-electron chi connectivity index (χ1n) is 6.79. The van der Waals surface area contributed by atoms with Crippen LogP contribution < -0.4 is 10.6 Å². The van der Waals surface area contributed by atoms with Crippen LogP contribution >= 0.6 is 0 Å². The summed E-state index contributed by atoms with van der Waals surface area (Å²) in [6.07, 6.45) is 2.44. The quantitative estimate of drug-likeness (QED) is 0.704. The third-order valence-electron chi connectivity index (χ3n) is 3.30. The summed E-state index contributed by atoms with van der Waals surface area (Å²) in [5.74, 6) is -0.890. The smallest absolute Gasteiger partial charge is 0.319 e. The molecular weight excluding hydrogens is 268 g/mol. The van der Waals surface area contributed by atoms with Gasteiger partial charge in [-0.25, -0.2) is 4.79 Å². The first-order valence-corrected chi connectivity index (χ1v) is 6.79. The van der Waals surface area contributed by atoms with Crippen LogP contribution in [0.25, 0.3) is 0 Å². The number of hydrogen-bond acceptors (Lipinski definition) is 2. The Balaban J connectivity index is 2.69. The van der Waals surface area contributed by atoms with Gasteiger partial charge in [-0.1, -0.05) is 18.2 Å². The van der Waals surface area contributed by atoms with Crippen LogP contribution in [0.5, 0.6) is 0 Å². The van der Waals surface area contributed by atoms with Crippen molar-refractivity contribution < 1.29 is 14.7 Å². The molecule has 5 heteroatoms. The van der Waals surface area contributed by atoms with Gasteiger partial charge in [0.15, 0.2) is 0 Å². The van der Waals surface area contributed by atoms with Crippen molar-refractivity contribution in [3.63, 3.8) is 0 Å². The van der Waals surface area contributed by atoms with Crippen LogP contribution in [0.2, 0.25) is 0 Å². The predicted octanol–water partition coefficient (Wildman–Crippen LogP) is 3.13. The zero-order valence-corrected chi connectivity index (χ0v) is 12.6. The van der Waals surface area contributed by atoms with Gasteiger partial charge in [-0.3, -0.25) is 4.79 Å². The summed E-state index contributed by atoms with van der Waals surface area (Å²) >= 11 is 0. The second-order valence-electron chi connectivity index (χ2n) is 5.53. The third-order valence-corrected chi connectivity index (χ3v) is 3.30. The zero-order chi connectivity index (χ0) is 16.0. The van der Waals surface area contributed by atoms with E-state index in [4.69, 9.17) is 0 Å². The first kappa shape index (κ1) is 16.8. The minimum absolute atomic E-state index is 0.00715. The van der Waals surface area contributed by atoms with Gasteiger partial charge in [0.05, 0.1) is 5.41 Å². The molecule has 1 unspecified atom stereocenters. The summed E-state index contributed by atoms with van der Waals surface area (Å²) in [7, 11) is 0. The Morgan fingerprint density at radius 1 is 1.33 bits per heavy atom. The molecule has 0 spiro atoms. The van der Waals surface area contributed by atoms with E-state index in [0.717, 1.165) is 0 Å². The summed E-state index contributed by atoms with van der Waals surface area (Å²) in [5.41, 5.74) is 0.337. The number of carboxylic acid groups (broad SMARTS) is 1. The highest BCUT2D eigenvalue weighted by atomic mass is 16.4. The van der Waals surface area contributed by atoms with E-state index in [0.29, 0.717) is 17.7 Å². The number of rotatable bonds is 6. The number of anilines is 1. The lowest BCUT2D eigenvalue weighted by atomic mass is 9.85. The van der Waals surface area contributed by atoms with Gasteiger partial charge in [0, 0.05) is 11.7 Å². The Kier molecular flexibility index (Phi) is 5.52. The molecule has 3 N–H and O–H groups in total. The number of aliphatic carboxylic acids is 1. The molecule has 0 aliphatic rings. The molecule has 1 aromatic carbocycles. The standard InChI is InChI=1S/C16H22N2O3/c1-5-6-11(2)17-15(21)18-13-9-7-12(8-10-13)16(3,4)14(19)20/h5,7-11H,1,6H2,2-4H3,(H,19,20)(H2,17,18,21). The van der Waals surface area contributed by atoms with Gasteiger partial charge in [-0.05, 0) is 44.9 Å². The lowest BCUT2D eigenvalue weighted by molar-refractivity contribution is -0.142. The van der Waals surface area contributed by atoms with Gasteiger partial charge in [-0.2, -0.15) is 0 Å². The van der Waals surface area contributed by atoms with Crippen LogP contribution in [0.3, 0.4) is 0 Å². The predicted molar refractivity (Wildman–Crippen MR) is 83.5 cm³/mol. The van der Waals surface area contributed by atoms with Crippen LogP contribution in [0, 0.1) is 0 Å². The molecule has 0 fully saturated rings. The van der Waals surface area contributed by atoms with Crippen molar-refractivity contribution in [3.05, 3.63) is 42.5 Å². The van der Waals surface area contributed by atoms with Gasteiger partial charge in [-0.15, -0.1) is 6.58 Å². The maximum absolute atomic E-state index is 11.7. The van der Waals surface area contributed by atoms with Gasteiger partial charge < -0.3 is 15.7 Å². The summed E-state index contributed by atoms with van der Waals surface area (Å²) < 4.78 is 0. The average molecular weight is 290 g/mol. The SMILES string of the molecule is C=CCC(C)NC(=O)Nc1ccc(C(C)(C)C(=O)O)cc1. The van der Waals surface area contributed by atoms with Gasteiger partial charge in [0.2, 0.25) is 0 Å². The fraction of sp³-hybridized carbons (Fsp3) is 0.375. The van der Waals surface area contributed by atoms with Crippen molar-refractivity contribution in [2.24, 2.45) is 0 Å². The second kappa shape index (κ2) is 6.92. The van der Waals surface area contributed by atoms with E-state index in [1.165, 1.54) is 0 Å². The fourth-order valence-corrected chi connectivity index (χ4v) is 1.79. The van der Waals surface area contributed by atoms with E-state index in [-0.39, 0.29) is 12.1 Å². The van der Waals surface area contributed by atoms with Crippen molar-refractivity contribution in [1.82, 2.24) is 5.32 Å². The topological polar surface area (TPSA) is 78.4 Å². The van der Waals surface area contributed by atoms with Crippen LogP contribution in [0.15, 0.2) is 36.9 Å². The van der Waals surface area contributed by atoms with E-state index >= 15 is 0 Å². The van der Waals surface area contributed by atoms with Crippen molar-refractivity contribution >= 4 is 17.7 Å². The van der Waals surface area contributed by atoms with Crippen molar-refractivity contribution in [2.75, 3.05) is 5.32 Å².